The van der Waals surface area contributed by atoms with Crippen molar-refractivity contribution in [3.63, 3.8) is 0 Å². The number of carbonyl (C=O) groups excluding carboxylic acids is 1. The van der Waals surface area contributed by atoms with Gasteiger partial charge in [0.25, 0.3) is 5.91 Å². The number of benzene rings is 2. The third-order valence-electron chi connectivity index (χ3n) is 5.39. The first kappa shape index (κ1) is 25.6. The molecule has 10 nitrogen and oxygen atoms in total. The molecule has 2 aromatic carbocycles. The molecular formula is C23H30N2O8S. The van der Waals surface area contributed by atoms with E-state index in [1.807, 2.05) is 12.1 Å². The van der Waals surface area contributed by atoms with E-state index in [-0.39, 0.29) is 48.2 Å². The molecule has 1 aliphatic rings. The number of methoxy groups -OCH3 is 3. The van der Waals surface area contributed by atoms with Crippen molar-refractivity contribution in [2.45, 2.75) is 4.90 Å². The van der Waals surface area contributed by atoms with Gasteiger partial charge in [-0.25, -0.2) is 8.42 Å². The standard InChI is InChI=1S/C23H30N2O8S/c1-24(9-14-33-20-8-6-5-7-19(20)29-2)23(26)18-15-17(16-21(30-3)22(18)31-4)34(27,28)25-10-12-32-13-11-25/h5-8,15-16H,9-14H2,1-4H3. The number of sulfonamides is 1. The predicted octanol–water partition coefficient (Wildman–Crippen LogP) is 1.88. The van der Waals surface area contributed by atoms with Crippen molar-refractivity contribution in [1.29, 1.82) is 0 Å². The van der Waals surface area contributed by atoms with Gasteiger partial charge in [0, 0.05) is 26.2 Å². The van der Waals surface area contributed by atoms with Gasteiger partial charge in [-0.1, -0.05) is 12.1 Å². The first-order valence-corrected chi connectivity index (χ1v) is 12.1. The minimum atomic E-state index is -3.85. The van der Waals surface area contributed by atoms with Gasteiger partial charge in [-0.3, -0.25) is 4.79 Å². The van der Waals surface area contributed by atoms with E-state index < -0.39 is 15.9 Å². The zero-order chi connectivity index (χ0) is 24.7. The molecule has 0 spiro atoms. The Hall–Kier alpha value is -3.02. The highest BCUT2D eigenvalue weighted by Crippen LogP contribution is 2.36. The highest BCUT2D eigenvalue weighted by molar-refractivity contribution is 7.89. The van der Waals surface area contributed by atoms with Crippen molar-refractivity contribution in [3.8, 4) is 23.0 Å². The number of carbonyl (C=O) groups is 1. The third kappa shape index (κ3) is 5.54. The molecule has 1 fully saturated rings. The van der Waals surface area contributed by atoms with E-state index >= 15 is 0 Å². The number of nitrogens with zero attached hydrogens (tertiary/aromatic N) is 2. The lowest BCUT2D eigenvalue weighted by Gasteiger charge is -2.27. The van der Waals surface area contributed by atoms with Gasteiger partial charge < -0.3 is 28.6 Å². The van der Waals surface area contributed by atoms with Crippen LogP contribution in [0.15, 0.2) is 41.3 Å². The molecule has 0 bridgehead atoms. The second-order valence-electron chi connectivity index (χ2n) is 7.45. The first-order valence-electron chi connectivity index (χ1n) is 10.7. The Morgan fingerprint density at radius 3 is 2.26 bits per heavy atom. The minimum Gasteiger partial charge on any atom is -0.493 e. The van der Waals surface area contributed by atoms with Crippen LogP contribution in [0.1, 0.15) is 10.4 Å². The number of amides is 1. The third-order valence-corrected chi connectivity index (χ3v) is 7.27. The molecule has 1 heterocycles. The summed E-state index contributed by atoms with van der Waals surface area (Å²) in [4.78, 5) is 14.7. The molecule has 11 heteroatoms. The Kier molecular flexibility index (Phi) is 8.59. The summed E-state index contributed by atoms with van der Waals surface area (Å²) in [5.74, 6) is 1.02. The van der Waals surface area contributed by atoms with Crippen molar-refractivity contribution in [1.82, 2.24) is 9.21 Å². The monoisotopic (exact) mass is 494 g/mol. The van der Waals surface area contributed by atoms with Crippen LogP contribution in [0, 0.1) is 0 Å². The van der Waals surface area contributed by atoms with Gasteiger partial charge >= 0.3 is 0 Å². The van der Waals surface area contributed by atoms with Crippen molar-refractivity contribution in [3.05, 3.63) is 42.0 Å². The molecule has 0 saturated carbocycles. The zero-order valence-electron chi connectivity index (χ0n) is 19.8. The Labute approximate surface area is 200 Å². The Morgan fingerprint density at radius 1 is 1.00 bits per heavy atom. The van der Waals surface area contributed by atoms with Gasteiger partial charge in [0.2, 0.25) is 10.0 Å². The maximum absolute atomic E-state index is 13.3. The Balaban J connectivity index is 1.83. The van der Waals surface area contributed by atoms with Crippen LogP contribution in [-0.4, -0.2) is 91.4 Å². The molecule has 1 aliphatic heterocycles. The van der Waals surface area contributed by atoms with Crippen LogP contribution in [0.3, 0.4) is 0 Å². The highest BCUT2D eigenvalue weighted by atomic mass is 32.2. The van der Waals surface area contributed by atoms with E-state index in [2.05, 4.69) is 0 Å². The average Bonchev–Trinajstić information content (AvgIpc) is 2.87. The van der Waals surface area contributed by atoms with Gasteiger partial charge in [0.15, 0.2) is 23.0 Å². The van der Waals surface area contributed by atoms with Crippen LogP contribution >= 0.6 is 0 Å². The number of morpholine rings is 1. The Bertz CT molecular complexity index is 1100. The number of ether oxygens (including phenoxy) is 5. The smallest absolute Gasteiger partial charge is 0.257 e. The maximum Gasteiger partial charge on any atom is 0.257 e. The summed E-state index contributed by atoms with van der Waals surface area (Å²) in [6, 6.07) is 9.90. The number of likely N-dealkylation sites (N-methyl/N-ethyl adjacent to an activating group) is 1. The summed E-state index contributed by atoms with van der Waals surface area (Å²) in [6.07, 6.45) is 0. The van der Waals surface area contributed by atoms with Crippen molar-refractivity contribution in [2.75, 3.05) is 67.8 Å². The van der Waals surface area contributed by atoms with E-state index in [1.54, 1.807) is 26.3 Å². The molecule has 1 amide bonds. The second-order valence-corrected chi connectivity index (χ2v) is 9.39. The van der Waals surface area contributed by atoms with Gasteiger partial charge in [0.05, 0.1) is 51.5 Å². The molecule has 0 unspecified atom stereocenters. The summed E-state index contributed by atoms with van der Waals surface area (Å²) < 4.78 is 54.8. The maximum atomic E-state index is 13.3. The molecule has 2 aromatic rings. The van der Waals surface area contributed by atoms with Crippen molar-refractivity contribution >= 4 is 15.9 Å². The van der Waals surface area contributed by atoms with Crippen LogP contribution < -0.4 is 18.9 Å². The normalized spacial score (nSPS) is 14.4. The average molecular weight is 495 g/mol. The molecule has 0 aromatic heterocycles. The second kappa shape index (κ2) is 11.4. The summed E-state index contributed by atoms with van der Waals surface area (Å²) in [7, 11) is 2.09. The minimum absolute atomic E-state index is 0.0472. The SMILES string of the molecule is COc1ccccc1OCCN(C)C(=O)c1cc(S(=O)(=O)N2CCOCC2)cc(OC)c1OC. The molecule has 0 aliphatic carbocycles. The van der Waals surface area contributed by atoms with Crippen LogP contribution in [-0.2, 0) is 14.8 Å². The molecular weight excluding hydrogens is 464 g/mol. The number of hydrogen-bond donors (Lipinski definition) is 0. The summed E-state index contributed by atoms with van der Waals surface area (Å²) in [6.45, 7) is 1.54. The van der Waals surface area contributed by atoms with Crippen molar-refractivity contribution in [2.24, 2.45) is 0 Å². The lowest BCUT2D eigenvalue weighted by molar-refractivity contribution is 0.0729. The van der Waals surface area contributed by atoms with Crippen molar-refractivity contribution < 1.29 is 36.9 Å². The number of rotatable bonds is 10. The quantitative estimate of drug-likeness (QED) is 0.493. The predicted molar refractivity (Wildman–Crippen MR) is 125 cm³/mol. The topological polar surface area (TPSA) is 104 Å². The summed E-state index contributed by atoms with van der Waals surface area (Å²) in [5.41, 5.74) is 0.0773. The van der Waals surface area contributed by atoms with Gasteiger partial charge in [-0.2, -0.15) is 4.31 Å². The van der Waals surface area contributed by atoms with E-state index in [1.165, 1.54) is 35.6 Å². The van der Waals surface area contributed by atoms with Gasteiger partial charge in [-0.05, 0) is 18.2 Å². The molecule has 0 N–H and O–H groups in total. The highest BCUT2D eigenvalue weighted by Gasteiger charge is 2.30. The number of hydrogen-bond acceptors (Lipinski definition) is 8. The molecule has 3 rings (SSSR count). The van der Waals surface area contributed by atoms with E-state index in [9.17, 15) is 13.2 Å². The molecule has 0 atom stereocenters. The van der Waals surface area contributed by atoms with E-state index in [4.69, 9.17) is 23.7 Å². The van der Waals surface area contributed by atoms with Crippen LogP contribution in [0.5, 0.6) is 23.0 Å². The van der Waals surface area contributed by atoms with E-state index in [0.29, 0.717) is 24.7 Å². The number of para-hydroxylation sites is 2. The molecule has 1 saturated heterocycles. The molecule has 186 valence electrons. The fourth-order valence-electron chi connectivity index (χ4n) is 3.52. The molecule has 0 radical (unpaired) electrons. The largest absolute Gasteiger partial charge is 0.493 e. The lowest BCUT2D eigenvalue weighted by Crippen LogP contribution is -2.40. The van der Waals surface area contributed by atoms with Crippen LogP contribution in [0.2, 0.25) is 0 Å². The van der Waals surface area contributed by atoms with Crippen LogP contribution in [0.25, 0.3) is 0 Å². The zero-order valence-corrected chi connectivity index (χ0v) is 20.6. The van der Waals surface area contributed by atoms with Gasteiger partial charge in [0.1, 0.15) is 6.61 Å². The lowest BCUT2D eigenvalue weighted by atomic mass is 10.1. The van der Waals surface area contributed by atoms with Gasteiger partial charge in [-0.15, -0.1) is 0 Å². The fourth-order valence-corrected chi connectivity index (χ4v) is 4.97. The van der Waals surface area contributed by atoms with Crippen LogP contribution in [0.4, 0.5) is 0 Å². The summed E-state index contributed by atoms with van der Waals surface area (Å²) in [5, 5.41) is 0. The summed E-state index contributed by atoms with van der Waals surface area (Å²) >= 11 is 0. The first-order chi connectivity index (χ1) is 16.3. The molecule has 34 heavy (non-hydrogen) atoms. The van der Waals surface area contributed by atoms with E-state index in [0.717, 1.165) is 0 Å². The fraction of sp³-hybridized carbons (Fsp3) is 0.435. The Morgan fingerprint density at radius 2 is 1.65 bits per heavy atom.